The Morgan fingerprint density at radius 1 is 1.42 bits per heavy atom. The fourth-order valence-corrected chi connectivity index (χ4v) is 3.06. The number of nitro groups is 1. The minimum absolute atomic E-state index is 0.00305. The third-order valence-electron chi connectivity index (χ3n) is 3.86. The van der Waals surface area contributed by atoms with Gasteiger partial charge in [0.1, 0.15) is 12.2 Å². The number of halogens is 4. The van der Waals surface area contributed by atoms with Crippen LogP contribution < -0.4 is 5.32 Å². The molecule has 0 radical (unpaired) electrons. The summed E-state index contributed by atoms with van der Waals surface area (Å²) in [6, 6.07) is 3.60. The van der Waals surface area contributed by atoms with Gasteiger partial charge in [-0.25, -0.2) is 8.78 Å². The Morgan fingerprint density at radius 3 is 2.69 bits per heavy atom. The van der Waals surface area contributed by atoms with E-state index in [1.165, 1.54) is 12.1 Å². The summed E-state index contributed by atoms with van der Waals surface area (Å²) in [6.07, 6.45) is -1.28. The summed E-state index contributed by atoms with van der Waals surface area (Å²) in [5.74, 6) is -0.619. The predicted molar refractivity (Wildman–Crippen MR) is 90.9 cm³/mol. The molecule has 1 fully saturated rings. The molecular formula is C15H12Cl2F2N4O3. The molecule has 0 unspecified atom stereocenters. The zero-order chi connectivity index (χ0) is 19.0. The number of aromatic nitrogens is 2. The third kappa shape index (κ3) is 3.78. The van der Waals surface area contributed by atoms with Gasteiger partial charge in [0, 0.05) is 18.1 Å². The van der Waals surface area contributed by atoms with Gasteiger partial charge in [0.25, 0.3) is 12.1 Å². The summed E-state index contributed by atoms with van der Waals surface area (Å²) in [5, 5.41) is 17.0. The normalized spacial score (nSPS) is 13.9. The van der Waals surface area contributed by atoms with Gasteiger partial charge in [0.15, 0.2) is 0 Å². The van der Waals surface area contributed by atoms with E-state index in [0.29, 0.717) is 5.69 Å². The van der Waals surface area contributed by atoms with Crippen LogP contribution in [0.5, 0.6) is 0 Å². The first-order valence-electron chi connectivity index (χ1n) is 7.56. The largest absolute Gasteiger partial charge is 0.323 e. The second-order valence-corrected chi connectivity index (χ2v) is 6.57. The molecule has 11 heteroatoms. The van der Waals surface area contributed by atoms with Crippen molar-refractivity contribution in [2.24, 2.45) is 0 Å². The van der Waals surface area contributed by atoms with Crippen LogP contribution >= 0.6 is 23.2 Å². The summed E-state index contributed by atoms with van der Waals surface area (Å²) in [6.45, 7) is -0.364. The number of carbonyl (C=O) groups excluding carboxylic acids is 1. The number of amides is 1. The van der Waals surface area contributed by atoms with Gasteiger partial charge in [-0.1, -0.05) is 23.2 Å². The lowest BCUT2D eigenvalue weighted by Gasteiger charge is -2.09. The van der Waals surface area contributed by atoms with Crippen LogP contribution in [-0.4, -0.2) is 20.6 Å². The zero-order valence-corrected chi connectivity index (χ0v) is 14.6. The van der Waals surface area contributed by atoms with E-state index in [2.05, 4.69) is 10.4 Å². The topological polar surface area (TPSA) is 90.1 Å². The highest BCUT2D eigenvalue weighted by atomic mass is 35.5. The number of nitro benzene ring substituents is 1. The number of anilines is 1. The molecule has 1 aromatic heterocycles. The van der Waals surface area contributed by atoms with Gasteiger partial charge in [0.2, 0.25) is 5.91 Å². The van der Waals surface area contributed by atoms with E-state index in [9.17, 15) is 23.7 Å². The number of non-ortho nitro benzene ring substituents is 1. The van der Waals surface area contributed by atoms with Gasteiger partial charge in [-0.3, -0.25) is 19.6 Å². The maximum Gasteiger partial charge on any atom is 0.283 e. The van der Waals surface area contributed by atoms with Gasteiger partial charge < -0.3 is 5.32 Å². The van der Waals surface area contributed by atoms with Crippen LogP contribution in [0.3, 0.4) is 0 Å². The molecule has 2 aromatic rings. The van der Waals surface area contributed by atoms with Crippen molar-refractivity contribution in [1.29, 1.82) is 0 Å². The lowest BCUT2D eigenvalue weighted by atomic mass is 10.2. The maximum absolute atomic E-state index is 13.0. The molecule has 0 spiro atoms. The quantitative estimate of drug-likeness (QED) is 0.564. The molecule has 0 saturated heterocycles. The molecule has 0 atom stereocenters. The lowest BCUT2D eigenvalue weighted by molar-refractivity contribution is -0.384. The molecule has 1 saturated carbocycles. The van der Waals surface area contributed by atoms with E-state index >= 15 is 0 Å². The van der Waals surface area contributed by atoms with Crippen LogP contribution in [0.2, 0.25) is 10.0 Å². The highest BCUT2D eigenvalue weighted by molar-refractivity contribution is 6.33. The van der Waals surface area contributed by atoms with Crippen molar-refractivity contribution in [3.05, 3.63) is 49.7 Å². The van der Waals surface area contributed by atoms with E-state index in [1.807, 2.05) is 0 Å². The molecule has 3 rings (SSSR count). The van der Waals surface area contributed by atoms with Crippen LogP contribution in [0.1, 0.15) is 36.6 Å². The van der Waals surface area contributed by atoms with Crippen LogP contribution in [-0.2, 0) is 11.3 Å². The van der Waals surface area contributed by atoms with Crippen LogP contribution in [0, 0.1) is 10.1 Å². The fourth-order valence-electron chi connectivity index (χ4n) is 2.53. The van der Waals surface area contributed by atoms with Crippen molar-refractivity contribution in [2.75, 3.05) is 5.32 Å². The van der Waals surface area contributed by atoms with Gasteiger partial charge in [-0.2, -0.15) is 5.10 Å². The minimum Gasteiger partial charge on any atom is -0.323 e. The Morgan fingerprint density at radius 2 is 2.12 bits per heavy atom. The Kier molecular flexibility index (Phi) is 5.10. The molecule has 7 nitrogen and oxygen atoms in total. The molecule has 1 N–H and O–H groups in total. The second kappa shape index (κ2) is 7.16. The van der Waals surface area contributed by atoms with E-state index in [0.717, 1.165) is 23.6 Å². The average Bonchev–Trinajstić information content (AvgIpc) is 3.33. The standard InChI is InChI=1S/C15H12Cl2F2N4O3/c16-9-4-3-8(23(25)26)5-10(9)20-11(24)6-22-14(7-1-2-7)12(17)13(21-22)15(18)19/h3-5,7,15H,1-2,6H2,(H,20,24). The molecule has 1 aliphatic rings. The first kappa shape index (κ1) is 18.5. The average molecular weight is 405 g/mol. The fraction of sp³-hybridized carbons (Fsp3) is 0.333. The Hall–Kier alpha value is -2.26. The molecule has 138 valence electrons. The number of nitrogens with zero attached hydrogens (tertiary/aromatic N) is 3. The van der Waals surface area contributed by atoms with Crippen molar-refractivity contribution in [3.63, 3.8) is 0 Å². The van der Waals surface area contributed by atoms with Crippen molar-refractivity contribution in [3.8, 4) is 0 Å². The molecule has 26 heavy (non-hydrogen) atoms. The molecule has 0 bridgehead atoms. The van der Waals surface area contributed by atoms with E-state index < -0.39 is 22.9 Å². The van der Waals surface area contributed by atoms with Crippen LogP contribution in [0.15, 0.2) is 18.2 Å². The van der Waals surface area contributed by atoms with Gasteiger partial charge in [-0.05, 0) is 18.9 Å². The van der Waals surface area contributed by atoms with Crippen molar-refractivity contribution in [2.45, 2.75) is 31.7 Å². The Labute approximate surface area is 156 Å². The van der Waals surface area contributed by atoms with Gasteiger partial charge >= 0.3 is 0 Å². The van der Waals surface area contributed by atoms with Crippen molar-refractivity contribution in [1.82, 2.24) is 9.78 Å². The van der Waals surface area contributed by atoms with Gasteiger partial charge in [0.05, 0.1) is 26.3 Å². The Balaban J connectivity index is 1.82. The minimum atomic E-state index is -2.85. The summed E-state index contributed by atoms with van der Waals surface area (Å²) in [7, 11) is 0. The molecule has 1 aromatic carbocycles. The number of benzene rings is 1. The molecule has 1 amide bonds. The number of hydrogen-bond donors (Lipinski definition) is 1. The lowest BCUT2D eigenvalue weighted by Crippen LogP contribution is -2.21. The number of nitrogens with one attached hydrogen (secondary N) is 1. The number of rotatable bonds is 6. The Bertz CT molecular complexity index is 884. The van der Waals surface area contributed by atoms with E-state index in [-0.39, 0.29) is 33.9 Å². The molecular weight excluding hydrogens is 393 g/mol. The van der Waals surface area contributed by atoms with E-state index in [4.69, 9.17) is 23.2 Å². The SMILES string of the molecule is O=C(Cn1nc(C(F)F)c(Cl)c1C1CC1)Nc1cc([N+](=O)[O-])ccc1Cl. The number of carbonyl (C=O) groups is 1. The number of alkyl halides is 2. The van der Waals surface area contributed by atoms with Crippen LogP contribution in [0.4, 0.5) is 20.2 Å². The summed E-state index contributed by atoms with van der Waals surface area (Å²) in [5.41, 5.74) is -0.353. The third-order valence-corrected chi connectivity index (χ3v) is 4.57. The predicted octanol–water partition coefficient (Wildman–Crippen LogP) is 4.55. The maximum atomic E-state index is 13.0. The first-order chi connectivity index (χ1) is 12.3. The molecule has 1 heterocycles. The highest BCUT2D eigenvalue weighted by Gasteiger charge is 2.34. The van der Waals surface area contributed by atoms with Crippen molar-refractivity contribution >= 4 is 40.5 Å². The number of hydrogen-bond acceptors (Lipinski definition) is 4. The smallest absolute Gasteiger partial charge is 0.283 e. The molecule has 1 aliphatic carbocycles. The highest BCUT2D eigenvalue weighted by Crippen LogP contribution is 2.45. The van der Waals surface area contributed by atoms with E-state index in [1.54, 1.807) is 0 Å². The monoisotopic (exact) mass is 404 g/mol. The first-order valence-corrected chi connectivity index (χ1v) is 8.31. The van der Waals surface area contributed by atoms with Crippen molar-refractivity contribution < 1.29 is 18.5 Å². The summed E-state index contributed by atoms with van der Waals surface area (Å²) < 4.78 is 27.2. The zero-order valence-electron chi connectivity index (χ0n) is 13.1. The van der Waals surface area contributed by atoms with Gasteiger partial charge in [-0.15, -0.1) is 0 Å². The second-order valence-electron chi connectivity index (χ2n) is 5.79. The molecule has 0 aliphatic heterocycles. The summed E-state index contributed by atoms with van der Waals surface area (Å²) in [4.78, 5) is 22.5. The van der Waals surface area contributed by atoms with Crippen LogP contribution in [0.25, 0.3) is 0 Å². The summed E-state index contributed by atoms with van der Waals surface area (Å²) >= 11 is 11.9.